The molecule has 150 valence electrons. The van der Waals surface area contributed by atoms with Crippen LogP contribution in [0.25, 0.3) is 0 Å². The molecule has 2 atom stereocenters. The molecule has 0 spiro atoms. The van der Waals surface area contributed by atoms with Gasteiger partial charge in [0.2, 0.25) is 15.9 Å². The van der Waals surface area contributed by atoms with E-state index < -0.39 is 26.6 Å². The van der Waals surface area contributed by atoms with E-state index in [1.54, 1.807) is 15.8 Å². The molecule has 7 nitrogen and oxygen atoms in total. The topological polar surface area (TPSA) is 75.5 Å². The Bertz CT molecular complexity index is 1020. The number of benzene rings is 1. The van der Waals surface area contributed by atoms with Gasteiger partial charge in [-0.3, -0.25) is 9.48 Å². The monoisotopic (exact) mass is 410 g/mol. The number of nitrogens with zero attached hydrogens (tertiary/aromatic N) is 4. The van der Waals surface area contributed by atoms with E-state index in [1.807, 2.05) is 13.2 Å². The smallest absolute Gasteiger partial charge is 0.246 e. The van der Waals surface area contributed by atoms with Gasteiger partial charge in [0.25, 0.3) is 0 Å². The summed E-state index contributed by atoms with van der Waals surface area (Å²) >= 11 is 0. The molecular formula is C18H20F2N4O3S. The van der Waals surface area contributed by atoms with Crippen LogP contribution in [0.2, 0.25) is 0 Å². The number of carbonyl (C=O) groups is 1. The molecule has 1 aromatic carbocycles. The number of amides is 1. The lowest BCUT2D eigenvalue weighted by Crippen LogP contribution is -2.51. The first-order valence-corrected chi connectivity index (χ1v) is 10.4. The van der Waals surface area contributed by atoms with Crippen LogP contribution in [0.3, 0.4) is 0 Å². The van der Waals surface area contributed by atoms with Gasteiger partial charge in [0, 0.05) is 45.3 Å². The largest absolute Gasteiger partial charge is 0.340 e. The molecule has 2 aromatic rings. The van der Waals surface area contributed by atoms with Crippen molar-refractivity contribution >= 4 is 15.9 Å². The molecule has 1 aliphatic heterocycles. The molecule has 2 heterocycles. The summed E-state index contributed by atoms with van der Waals surface area (Å²) in [7, 11) is -2.33. The Labute approximate surface area is 161 Å². The van der Waals surface area contributed by atoms with Crippen LogP contribution in [-0.2, 0) is 21.9 Å². The molecule has 0 bridgehead atoms. The Morgan fingerprint density at radius 1 is 1.18 bits per heavy atom. The molecule has 1 saturated heterocycles. The van der Waals surface area contributed by atoms with Crippen molar-refractivity contribution in [1.29, 1.82) is 0 Å². The third kappa shape index (κ3) is 3.42. The van der Waals surface area contributed by atoms with Crippen LogP contribution in [0.5, 0.6) is 0 Å². The van der Waals surface area contributed by atoms with Gasteiger partial charge in [-0.25, -0.2) is 17.2 Å². The quantitative estimate of drug-likeness (QED) is 0.762. The third-order valence-electron chi connectivity index (χ3n) is 5.32. The van der Waals surface area contributed by atoms with Crippen molar-refractivity contribution in [2.75, 3.05) is 26.2 Å². The van der Waals surface area contributed by atoms with Gasteiger partial charge >= 0.3 is 0 Å². The van der Waals surface area contributed by atoms with E-state index in [0.29, 0.717) is 6.07 Å². The van der Waals surface area contributed by atoms with E-state index in [2.05, 4.69) is 5.10 Å². The van der Waals surface area contributed by atoms with Crippen LogP contribution in [0, 0.1) is 17.6 Å². The molecule has 2 unspecified atom stereocenters. The second-order valence-electron chi connectivity index (χ2n) is 7.20. The summed E-state index contributed by atoms with van der Waals surface area (Å²) in [5, 5.41) is 4.12. The Balaban J connectivity index is 1.39. The van der Waals surface area contributed by atoms with E-state index >= 15 is 0 Å². The van der Waals surface area contributed by atoms with Gasteiger partial charge in [-0.15, -0.1) is 0 Å². The number of hydrogen-bond acceptors (Lipinski definition) is 4. The fraction of sp³-hybridized carbons (Fsp3) is 0.444. The number of hydrogen-bond donors (Lipinski definition) is 0. The Hall–Kier alpha value is -2.33. The number of carbonyl (C=O) groups excluding carboxylic acids is 1. The van der Waals surface area contributed by atoms with Gasteiger partial charge < -0.3 is 4.90 Å². The van der Waals surface area contributed by atoms with Crippen molar-refractivity contribution in [1.82, 2.24) is 19.0 Å². The standard InChI is InChI=1S/C18H20F2N4O3S/c1-22-11-12(10-21-22)14-9-15(14)18(25)23-4-6-24(7-5-23)28(26,27)17-8-13(19)2-3-16(17)20/h2-3,8,10-11,14-15H,4-7,9H2,1H3. The summed E-state index contributed by atoms with van der Waals surface area (Å²) in [6.45, 7) is 0.555. The molecule has 0 radical (unpaired) electrons. The van der Waals surface area contributed by atoms with Crippen molar-refractivity contribution in [3.8, 4) is 0 Å². The van der Waals surface area contributed by atoms with Crippen LogP contribution in [0.4, 0.5) is 8.78 Å². The number of piperazine rings is 1. The summed E-state index contributed by atoms with van der Waals surface area (Å²) in [6, 6.07) is 2.36. The number of halogens is 2. The summed E-state index contributed by atoms with van der Waals surface area (Å²) in [5.41, 5.74) is 1.03. The average molecular weight is 410 g/mol. The summed E-state index contributed by atoms with van der Waals surface area (Å²) in [6.07, 6.45) is 4.42. The van der Waals surface area contributed by atoms with Crippen LogP contribution >= 0.6 is 0 Å². The third-order valence-corrected chi connectivity index (χ3v) is 7.24. The zero-order valence-corrected chi connectivity index (χ0v) is 16.1. The zero-order chi connectivity index (χ0) is 20.1. The van der Waals surface area contributed by atoms with Crippen molar-refractivity contribution in [3.05, 3.63) is 47.8 Å². The molecule has 1 amide bonds. The highest BCUT2D eigenvalue weighted by Crippen LogP contribution is 2.48. The SMILES string of the molecule is Cn1cc(C2CC2C(=O)N2CCN(S(=O)(=O)c3cc(F)ccc3F)CC2)cn1. The highest BCUT2D eigenvalue weighted by atomic mass is 32.2. The molecule has 1 saturated carbocycles. The number of aryl methyl sites for hydroxylation is 1. The fourth-order valence-electron chi connectivity index (χ4n) is 3.67. The Kier molecular flexibility index (Phi) is 4.70. The van der Waals surface area contributed by atoms with Crippen LogP contribution < -0.4 is 0 Å². The predicted molar refractivity (Wildman–Crippen MR) is 95.8 cm³/mol. The Morgan fingerprint density at radius 3 is 2.54 bits per heavy atom. The van der Waals surface area contributed by atoms with Gasteiger partial charge in [0.05, 0.1) is 6.20 Å². The first-order valence-electron chi connectivity index (χ1n) is 9.00. The maximum absolute atomic E-state index is 13.9. The number of aromatic nitrogens is 2. The van der Waals surface area contributed by atoms with Gasteiger partial charge in [-0.1, -0.05) is 0 Å². The minimum absolute atomic E-state index is 0.00263. The lowest BCUT2D eigenvalue weighted by Gasteiger charge is -2.34. The van der Waals surface area contributed by atoms with Crippen LogP contribution in [0.15, 0.2) is 35.5 Å². The molecule has 4 rings (SSSR count). The van der Waals surface area contributed by atoms with Crippen LogP contribution in [-0.4, -0.2) is 59.5 Å². The van der Waals surface area contributed by atoms with Gasteiger partial charge in [0.15, 0.2) is 0 Å². The molecule has 2 fully saturated rings. The van der Waals surface area contributed by atoms with E-state index in [-0.39, 0.29) is 43.9 Å². The number of sulfonamides is 1. The van der Waals surface area contributed by atoms with E-state index in [0.717, 1.165) is 28.4 Å². The van der Waals surface area contributed by atoms with Crippen LogP contribution in [0.1, 0.15) is 17.9 Å². The Morgan fingerprint density at radius 2 is 1.89 bits per heavy atom. The fourth-order valence-corrected chi connectivity index (χ4v) is 5.16. The molecule has 2 aliphatic rings. The average Bonchev–Trinajstić information content (AvgIpc) is 3.36. The van der Waals surface area contributed by atoms with Gasteiger partial charge in [-0.2, -0.15) is 9.40 Å². The molecule has 1 aromatic heterocycles. The minimum Gasteiger partial charge on any atom is -0.340 e. The second-order valence-corrected chi connectivity index (χ2v) is 9.11. The van der Waals surface area contributed by atoms with Crippen molar-refractivity contribution in [2.45, 2.75) is 17.2 Å². The molecule has 28 heavy (non-hydrogen) atoms. The van der Waals surface area contributed by atoms with Crippen molar-refractivity contribution < 1.29 is 22.0 Å². The maximum atomic E-state index is 13.9. The summed E-state index contributed by atoms with van der Waals surface area (Å²) in [5.74, 6) is -1.75. The minimum atomic E-state index is -4.15. The second kappa shape index (κ2) is 6.93. The van der Waals surface area contributed by atoms with E-state index in [4.69, 9.17) is 0 Å². The lowest BCUT2D eigenvalue weighted by molar-refractivity contribution is -0.133. The zero-order valence-electron chi connectivity index (χ0n) is 15.3. The predicted octanol–water partition coefficient (Wildman–Crippen LogP) is 1.33. The van der Waals surface area contributed by atoms with E-state index in [1.165, 1.54) is 0 Å². The molecule has 10 heteroatoms. The highest BCUT2D eigenvalue weighted by molar-refractivity contribution is 7.89. The molecular weight excluding hydrogens is 390 g/mol. The molecule has 1 aliphatic carbocycles. The summed E-state index contributed by atoms with van der Waals surface area (Å²) in [4.78, 5) is 13.7. The van der Waals surface area contributed by atoms with Crippen molar-refractivity contribution in [3.63, 3.8) is 0 Å². The van der Waals surface area contributed by atoms with Gasteiger partial charge in [-0.05, 0) is 36.1 Å². The normalized spacial score (nSPS) is 23.0. The lowest BCUT2D eigenvalue weighted by atomic mass is 10.2. The summed E-state index contributed by atoms with van der Waals surface area (Å²) < 4.78 is 55.3. The maximum Gasteiger partial charge on any atom is 0.246 e. The van der Waals surface area contributed by atoms with E-state index in [9.17, 15) is 22.0 Å². The van der Waals surface area contributed by atoms with Gasteiger partial charge in [0.1, 0.15) is 16.5 Å². The highest BCUT2D eigenvalue weighted by Gasteiger charge is 2.47. The van der Waals surface area contributed by atoms with Crippen molar-refractivity contribution in [2.24, 2.45) is 13.0 Å². The first kappa shape index (κ1) is 19.0. The molecule has 0 N–H and O–H groups in total. The number of rotatable bonds is 4. The first-order chi connectivity index (χ1) is 13.3.